The topological polar surface area (TPSA) is 95.0 Å². The van der Waals surface area contributed by atoms with Crippen molar-refractivity contribution in [2.75, 3.05) is 26.2 Å². The summed E-state index contributed by atoms with van der Waals surface area (Å²) in [5, 5.41) is 3.96. The molecule has 33 heavy (non-hydrogen) atoms. The maximum absolute atomic E-state index is 13.4. The van der Waals surface area contributed by atoms with Gasteiger partial charge in [-0.3, -0.25) is 19.4 Å². The molecule has 1 aromatic heterocycles. The number of benzene rings is 1. The first-order valence-electron chi connectivity index (χ1n) is 11.1. The van der Waals surface area contributed by atoms with E-state index in [1.54, 1.807) is 22.1 Å². The van der Waals surface area contributed by atoms with E-state index in [1.807, 2.05) is 42.6 Å². The van der Waals surface area contributed by atoms with E-state index in [4.69, 9.17) is 0 Å². The third kappa shape index (κ3) is 5.16. The Morgan fingerprint density at radius 3 is 2.73 bits per heavy atom. The first kappa shape index (κ1) is 22.4. The molecule has 170 valence electrons. The molecule has 3 amide bonds. The fourth-order valence-corrected chi connectivity index (χ4v) is 4.30. The van der Waals surface area contributed by atoms with Crippen molar-refractivity contribution in [2.45, 2.75) is 19.3 Å². The molecule has 8 nitrogen and oxygen atoms in total. The maximum Gasteiger partial charge on any atom is 0.270 e. The minimum Gasteiger partial charge on any atom is -0.337 e. The van der Waals surface area contributed by atoms with E-state index in [1.165, 1.54) is 0 Å². The number of carbonyl (C=O) groups is 3. The first-order chi connectivity index (χ1) is 16.1. The lowest BCUT2D eigenvalue weighted by Crippen LogP contribution is -2.43. The summed E-state index contributed by atoms with van der Waals surface area (Å²) < 4.78 is 0. The van der Waals surface area contributed by atoms with Gasteiger partial charge in [0.25, 0.3) is 5.91 Å². The number of rotatable bonds is 6. The van der Waals surface area contributed by atoms with Gasteiger partial charge in [-0.1, -0.05) is 36.4 Å². The van der Waals surface area contributed by atoms with Crippen molar-refractivity contribution >= 4 is 23.4 Å². The SMILES string of the molecule is C=CCN1CCN(C(=O)C2=NNC(=O)CC2)CC(Cc2ccccc2-c2cccnc2)C1=O. The molecule has 2 aliphatic rings. The van der Waals surface area contributed by atoms with Crippen LogP contribution in [0.5, 0.6) is 0 Å². The highest BCUT2D eigenvalue weighted by molar-refractivity contribution is 6.39. The summed E-state index contributed by atoms with van der Waals surface area (Å²) in [5.41, 5.74) is 5.75. The molecule has 4 rings (SSSR count). The first-order valence-corrected chi connectivity index (χ1v) is 11.1. The molecule has 1 aromatic carbocycles. The van der Waals surface area contributed by atoms with Gasteiger partial charge in [0.05, 0.1) is 5.92 Å². The summed E-state index contributed by atoms with van der Waals surface area (Å²) in [6, 6.07) is 11.9. The normalized spacial score (nSPS) is 18.9. The molecule has 1 saturated heterocycles. The van der Waals surface area contributed by atoms with Crippen LogP contribution in [0.4, 0.5) is 0 Å². The molecule has 1 unspecified atom stereocenters. The predicted octanol–water partition coefficient (Wildman–Crippen LogP) is 2.03. The number of nitrogens with zero attached hydrogens (tertiary/aromatic N) is 4. The minimum atomic E-state index is -0.409. The third-order valence-electron chi connectivity index (χ3n) is 5.99. The molecule has 1 N–H and O–H groups in total. The summed E-state index contributed by atoms with van der Waals surface area (Å²) in [5.74, 6) is -0.827. The molecule has 0 spiro atoms. The van der Waals surface area contributed by atoms with Crippen molar-refractivity contribution in [3.05, 3.63) is 67.0 Å². The van der Waals surface area contributed by atoms with E-state index >= 15 is 0 Å². The highest BCUT2D eigenvalue weighted by atomic mass is 16.2. The number of aromatic nitrogens is 1. The molecule has 1 atom stereocenters. The minimum absolute atomic E-state index is 0.00470. The Kier molecular flexibility index (Phi) is 6.92. The van der Waals surface area contributed by atoms with E-state index < -0.39 is 5.92 Å². The van der Waals surface area contributed by atoms with Crippen molar-refractivity contribution in [1.29, 1.82) is 0 Å². The third-order valence-corrected chi connectivity index (χ3v) is 5.99. The van der Waals surface area contributed by atoms with Gasteiger partial charge in [0.15, 0.2) is 0 Å². The Labute approximate surface area is 193 Å². The van der Waals surface area contributed by atoms with E-state index in [0.717, 1.165) is 16.7 Å². The van der Waals surface area contributed by atoms with Gasteiger partial charge >= 0.3 is 0 Å². The molecule has 8 heteroatoms. The molecular formula is C25H27N5O3. The van der Waals surface area contributed by atoms with Gasteiger partial charge in [-0.25, -0.2) is 5.43 Å². The molecule has 1 fully saturated rings. The quantitative estimate of drug-likeness (QED) is 0.689. The zero-order chi connectivity index (χ0) is 23.2. The van der Waals surface area contributed by atoms with Gasteiger partial charge in [0, 0.05) is 57.0 Å². The molecule has 0 radical (unpaired) electrons. The van der Waals surface area contributed by atoms with Gasteiger partial charge in [-0.2, -0.15) is 5.10 Å². The van der Waals surface area contributed by atoms with Crippen molar-refractivity contribution < 1.29 is 14.4 Å². The van der Waals surface area contributed by atoms with Gasteiger partial charge in [0.1, 0.15) is 5.71 Å². The number of nitrogens with one attached hydrogen (secondary N) is 1. The average Bonchev–Trinajstić information content (AvgIpc) is 2.99. The zero-order valence-corrected chi connectivity index (χ0v) is 18.4. The van der Waals surface area contributed by atoms with Crippen LogP contribution in [0.15, 0.2) is 66.5 Å². The Bertz CT molecular complexity index is 1080. The summed E-state index contributed by atoms with van der Waals surface area (Å²) in [4.78, 5) is 45.7. The van der Waals surface area contributed by atoms with Crippen LogP contribution in [-0.2, 0) is 20.8 Å². The molecule has 2 aromatic rings. The Morgan fingerprint density at radius 2 is 2.00 bits per heavy atom. The second-order valence-corrected chi connectivity index (χ2v) is 8.22. The average molecular weight is 446 g/mol. The van der Waals surface area contributed by atoms with Crippen LogP contribution in [0.2, 0.25) is 0 Å². The maximum atomic E-state index is 13.4. The Balaban J connectivity index is 1.61. The highest BCUT2D eigenvalue weighted by Gasteiger charge is 2.34. The Morgan fingerprint density at radius 1 is 1.15 bits per heavy atom. The van der Waals surface area contributed by atoms with Crippen LogP contribution in [0.1, 0.15) is 18.4 Å². The van der Waals surface area contributed by atoms with E-state index in [-0.39, 0.29) is 24.1 Å². The van der Waals surface area contributed by atoms with E-state index in [2.05, 4.69) is 22.1 Å². The van der Waals surface area contributed by atoms with Crippen LogP contribution < -0.4 is 5.43 Å². The van der Waals surface area contributed by atoms with Gasteiger partial charge in [-0.05, 0) is 23.6 Å². The highest BCUT2D eigenvalue weighted by Crippen LogP contribution is 2.27. The lowest BCUT2D eigenvalue weighted by Gasteiger charge is -2.25. The molecular weight excluding hydrogens is 418 g/mol. The molecule has 0 aliphatic carbocycles. The van der Waals surface area contributed by atoms with E-state index in [9.17, 15) is 14.4 Å². The van der Waals surface area contributed by atoms with Crippen LogP contribution in [0, 0.1) is 5.92 Å². The van der Waals surface area contributed by atoms with Gasteiger partial charge < -0.3 is 9.80 Å². The largest absolute Gasteiger partial charge is 0.337 e. The predicted molar refractivity (Wildman–Crippen MR) is 125 cm³/mol. The summed E-state index contributed by atoms with van der Waals surface area (Å²) in [7, 11) is 0. The standard InChI is InChI=1S/C25H27N5O3/c1-2-12-29-13-14-30(25(33)22-9-10-23(31)28-27-22)17-20(24(29)32)15-18-6-3-4-8-21(18)19-7-5-11-26-16-19/h2-8,11,16,20H,1,9-10,12-15,17H2,(H,28,31). The van der Waals surface area contributed by atoms with Crippen LogP contribution in [-0.4, -0.2) is 64.4 Å². The zero-order valence-electron chi connectivity index (χ0n) is 18.4. The van der Waals surface area contributed by atoms with Crippen molar-refractivity contribution in [2.24, 2.45) is 11.0 Å². The second-order valence-electron chi connectivity index (χ2n) is 8.22. The lowest BCUT2D eigenvalue weighted by molar-refractivity contribution is -0.134. The number of hydrazone groups is 1. The molecule has 0 bridgehead atoms. The van der Waals surface area contributed by atoms with Crippen LogP contribution in [0.3, 0.4) is 0 Å². The number of pyridine rings is 1. The second kappa shape index (κ2) is 10.2. The summed E-state index contributed by atoms with van der Waals surface area (Å²) >= 11 is 0. The summed E-state index contributed by atoms with van der Waals surface area (Å²) in [6.07, 6.45) is 6.28. The van der Waals surface area contributed by atoms with Crippen molar-refractivity contribution in [1.82, 2.24) is 20.2 Å². The summed E-state index contributed by atoms with van der Waals surface area (Å²) in [6.45, 7) is 5.33. The van der Waals surface area contributed by atoms with Crippen LogP contribution >= 0.6 is 0 Å². The monoisotopic (exact) mass is 445 g/mol. The van der Waals surface area contributed by atoms with Crippen molar-refractivity contribution in [3.8, 4) is 11.1 Å². The number of hydrogen-bond donors (Lipinski definition) is 1. The smallest absolute Gasteiger partial charge is 0.270 e. The van der Waals surface area contributed by atoms with Crippen LogP contribution in [0.25, 0.3) is 11.1 Å². The fraction of sp³-hybridized carbons (Fsp3) is 0.320. The van der Waals surface area contributed by atoms with Gasteiger partial charge in [-0.15, -0.1) is 6.58 Å². The van der Waals surface area contributed by atoms with Gasteiger partial charge in [0.2, 0.25) is 11.8 Å². The Hall–Kier alpha value is -3.81. The fourth-order valence-electron chi connectivity index (χ4n) is 4.30. The lowest BCUT2D eigenvalue weighted by atomic mass is 9.91. The molecule has 0 saturated carbocycles. The molecule has 2 aliphatic heterocycles. The number of hydrogen-bond acceptors (Lipinski definition) is 5. The van der Waals surface area contributed by atoms with E-state index in [0.29, 0.717) is 44.7 Å². The number of carbonyl (C=O) groups excluding carboxylic acids is 3. The van der Waals surface area contributed by atoms with Crippen molar-refractivity contribution in [3.63, 3.8) is 0 Å². The molecule has 3 heterocycles. The number of amides is 3.